The number of hydrogen-bond acceptors (Lipinski definition) is 5. The van der Waals surface area contributed by atoms with Gasteiger partial charge in [0.15, 0.2) is 0 Å². The van der Waals surface area contributed by atoms with E-state index in [0.29, 0.717) is 17.6 Å². The summed E-state index contributed by atoms with van der Waals surface area (Å²) in [6.07, 6.45) is 2.32. The van der Waals surface area contributed by atoms with Crippen molar-refractivity contribution < 1.29 is 4.74 Å². The molecule has 1 aromatic rings. The summed E-state index contributed by atoms with van der Waals surface area (Å²) in [5.41, 5.74) is 6.27. The van der Waals surface area contributed by atoms with E-state index in [1.807, 2.05) is 32.9 Å². The number of piperidine rings is 1. The molecule has 0 saturated carbocycles. The number of ether oxygens (including phenoxy) is 1. The lowest BCUT2D eigenvalue weighted by Gasteiger charge is -2.36. The van der Waals surface area contributed by atoms with Gasteiger partial charge in [-0.25, -0.2) is 0 Å². The molecule has 5 nitrogen and oxygen atoms in total. The fraction of sp³-hybridized carbons (Fsp3) is 0.688. The topological polar surface area (TPSA) is 54.6 Å². The van der Waals surface area contributed by atoms with Crippen molar-refractivity contribution in [1.82, 2.24) is 9.88 Å². The second kappa shape index (κ2) is 6.10. The molecule has 5 heteroatoms. The van der Waals surface area contributed by atoms with Crippen LogP contribution in [0.25, 0.3) is 0 Å². The molecule has 2 N–H and O–H groups in total. The zero-order valence-corrected chi connectivity index (χ0v) is 13.9. The van der Waals surface area contributed by atoms with Crippen LogP contribution in [0.4, 0.5) is 11.5 Å². The van der Waals surface area contributed by atoms with Crippen LogP contribution in [0, 0.1) is 0 Å². The minimum atomic E-state index is -0.300. The van der Waals surface area contributed by atoms with Gasteiger partial charge in [-0.2, -0.15) is 4.98 Å². The first-order valence-electron chi connectivity index (χ1n) is 7.63. The first kappa shape index (κ1) is 15.9. The molecule has 2 heterocycles. The number of hydrogen-bond donors (Lipinski definition) is 1. The van der Waals surface area contributed by atoms with Gasteiger partial charge in [-0.05, 0) is 65.9 Å². The summed E-state index contributed by atoms with van der Waals surface area (Å²) in [7, 11) is 4.28. The molecule has 0 amide bonds. The Labute approximate surface area is 128 Å². The van der Waals surface area contributed by atoms with Gasteiger partial charge in [-0.15, -0.1) is 0 Å². The van der Waals surface area contributed by atoms with Gasteiger partial charge in [-0.1, -0.05) is 0 Å². The minimum Gasteiger partial charge on any atom is -0.470 e. The number of likely N-dealkylation sites (tertiary alicyclic amines) is 1. The van der Waals surface area contributed by atoms with E-state index in [1.165, 1.54) is 0 Å². The molecule has 118 valence electrons. The molecule has 1 saturated heterocycles. The van der Waals surface area contributed by atoms with Crippen molar-refractivity contribution in [3.63, 3.8) is 0 Å². The van der Waals surface area contributed by atoms with Crippen molar-refractivity contribution in [2.75, 3.05) is 37.8 Å². The van der Waals surface area contributed by atoms with Gasteiger partial charge < -0.3 is 20.3 Å². The van der Waals surface area contributed by atoms with E-state index >= 15 is 0 Å². The van der Waals surface area contributed by atoms with E-state index < -0.39 is 0 Å². The van der Waals surface area contributed by atoms with E-state index in [-0.39, 0.29) is 5.60 Å². The summed E-state index contributed by atoms with van der Waals surface area (Å²) in [5.74, 6) is 1.46. The Morgan fingerprint density at radius 3 is 2.48 bits per heavy atom. The highest BCUT2D eigenvalue weighted by atomic mass is 16.5. The number of nitrogens with zero attached hydrogens (tertiary/aromatic N) is 3. The van der Waals surface area contributed by atoms with Gasteiger partial charge in [0.25, 0.3) is 0 Å². The van der Waals surface area contributed by atoms with Crippen LogP contribution in [0.1, 0.15) is 33.6 Å². The lowest BCUT2D eigenvalue weighted by molar-refractivity contribution is 0.125. The van der Waals surface area contributed by atoms with Crippen molar-refractivity contribution in [2.45, 2.75) is 45.3 Å². The number of aromatic nitrogens is 1. The van der Waals surface area contributed by atoms with Gasteiger partial charge in [0.2, 0.25) is 5.88 Å². The molecule has 1 aliphatic rings. The molecule has 0 bridgehead atoms. The van der Waals surface area contributed by atoms with Gasteiger partial charge in [0, 0.05) is 13.1 Å². The highest BCUT2D eigenvalue weighted by Crippen LogP contribution is 2.28. The van der Waals surface area contributed by atoms with Gasteiger partial charge in [-0.3, -0.25) is 0 Å². The van der Waals surface area contributed by atoms with E-state index in [9.17, 15) is 0 Å². The second-order valence-electron chi connectivity index (χ2n) is 6.92. The van der Waals surface area contributed by atoms with Crippen molar-refractivity contribution in [3.8, 4) is 5.88 Å². The summed E-state index contributed by atoms with van der Waals surface area (Å²) in [6, 6.07) is 4.39. The molecule has 2 rings (SSSR count). The first-order valence-corrected chi connectivity index (χ1v) is 7.63. The lowest BCUT2D eigenvalue weighted by atomic mass is 10.0. The Morgan fingerprint density at radius 2 is 1.90 bits per heavy atom. The SMILES string of the molecule is CN1CCC(N(C)c2ccc(N)c(OC(C)(C)C)n2)CC1. The van der Waals surface area contributed by atoms with Gasteiger partial charge >= 0.3 is 0 Å². The summed E-state index contributed by atoms with van der Waals surface area (Å²) in [4.78, 5) is 9.24. The Morgan fingerprint density at radius 1 is 1.29 bits per heavy atom. The highest BCUT2D eigenvalue weighted by Gasteiger charge is 2.23. The molecule has 1 aromatic heterocycles. The molecule has 1 fully saturated rings. The van der Waals surface area contributed by atoms with E-state index in [4.69, 9.17) is 10.5 Å². The predicted molar refractivity (Wildman–Crippen MR) is 88.0 cm³/mol. The van der Waals surface area contributed by atoms with Crippen LogP contribution in [0.5, 0.6) is 5.88 Å². The average molecular weight is 292 g/mol. The van der Waals surface area contributed by atoms with Gasteiger partial charge in [0.1, 0.15) is 11.4 Å². The van der Waals surface area contributed by atoms with Crippen LogP contribution >= 0.6 is 0 Å². The number of pyridine rings is 1. The average Bonchev–Trinajstić information content (AvgIpc) is 2.40. The van der Waals surface area contributed by atoms with Gasteiger partial charge in [0.05, 0.1) is 5.69 Å². The standard InChI is InChI=1S/C16H28N4O/c1-16(2,3)21-15-13(17)6-7-14(18-15)20(5)12-8-10-19(4)11-9-12/h6-7,12H,8-11,17H2,1-5H3. The molecule has 0 aromatic carbocycles. The largest absolute Gasteiger partial charge is 0.470 e. The van der Waals surface area contributed by atoms with Crippen molar-refractivity contribution in [3.05, 3.63) is 12.1 Å². The summed E-state index contributed by atoms with van der Waals surface area (Å²) < 4.78 is 5.86. The molecule has 21 heavy (non-hydrogen) atoms. The van der Waals surface area contributed by atoms with Crippen LogP contribution < -0.4 is 15.4 Å². The lowest BCUT2D eigenvalue weighted by Crippen LogP contribution is -2.42. The molecule has 0 atom stereocenters. The van der Waals surface area contributed by atoms with Crippen LogP contribution in [0.15, 0.2) is 12.1 Å². The molecular formula is C16H28N4O. The molecule has 0 unspecified atom stereocenters. The third-order valence-corrected chi connectivity index (χ3v) is 3.88. The normalized spacial score (nSPS) is 17.8. The number of rotatable bonds is 3. The van der Waals surface area contributed by atoms with Crippen molar-refractivity contribution in [1.29, 1.82) is 0 Å². The molecule has 0 radical (unpaired) electrons. The predicted octanol–water partition coefficient (Wildman–Crippen LogP) is 2.37. The summed E-state index contributed by atoms with van der Waals surface area (Å²) >= 11 is 0. The van der Waals surface area contributed by atoms with Crippen LogP contribution in [-0.4, -0.2) is 48.7 Å². The van der Waals surface area contributed by atoms with E-state index in [2.05, 4.69) is 28.9 Å². The Hall–Kier alpha value is -1.49. The van der Waals surface area contributed by atoms with E-state index in [0.717, 1.165) is 31.7 Å². The quantitative estimate of drug-likeness (QED) is 0.927. The summed E-state index contributed by atoms with van der Waals surface area (Å²) in [6.45, 7) is 8.27. The maximum Gasteiger partial charge on any atom is 0.239 e. The summed E-state index contributed by atoms with van der Waals surface area (Å²) in [5, 5.41) is 0. The fourth-order valence-corrected chi connectivity index (χ4v) is 2.58. The van der Waals surface area contributed by atoms with Crippen molar-refractivity contribution in [2.24, 2.45) is 0 Å². The smallest absolute Gasteiger partial charge is 0.239 e. The zero-order valence-electron chi connectivity index (χ0n) is 13.9. The van der Waals surface area contributed by atoms with Crippen LogP contribution in [0.2, 0.25) is 0 Å². The zero-order chi connectivity index (χ0) is 15.6. The van der Waals surface area contributed by atoms with Crippen molar-refractivity contribution >= 4 is 11.5 Å². The fourth-order valence-electron chi connectivity index (χ4n) is 2.58. The maximum atomic E-state index is 5.98. The molecular weight excluding hydrogens is 264 g/mol. The Bertz CT molecular complexity index is 476. The first-order chi connectivity index (χ1) is 9.76. The Balaban J connectivity index is 2.14. The van der Waals surface area contributed by atoms with Crippen LogP contribution in [-0.2, 0) is 0 Å². The number of anilines is 2. The monoisotopic (exact) mass is 292 g/mol. The number of nitrogen functional groups attached to an aromatic ring is 1. The molecule has 0 aliphatic carbocycles. The molecule has 0 spiro atoms. The number of nitrogens with two attached hydrogens (primary N) is 1. The third kappa shape index (κ3) is 4.24. The second-order valence-corrected chi connectivity index (χ2v) is 6.92. The highest BCUT2D eigenvalue weighted by molar-refractivity contribution is 5.54. The minimum absolute atomic E-state index is 0.300. The van der Waals surface area contributed by atoms with E-state index in [1.54, 1.807) is 0 Å². The maximum absolute atomic E-state index is 5.98. The Kier molecular flexibility index (Phi) is 4.61. The third-order valence-electron chi connectivity index (χ3n) is 3.88. The van der Waals surface area contributed by atoms with Crippen LogP contribution in [0.3, 0.4) is 0 Å². The molecule has 1 aliphatic heterocycles.